The van der Waals surface area contributed by atoms with Crippen molar-refractivity contribution in [1.29, 1.82) is 0 Å². The van der Waals surface area contributed by atoms with Crippen LogP contribution >= 0.6 is 0 Å². The van der Waals surface area contributed by atoms with E-state index in [1.165, 1.54) is 43.2 Å². The largest absolute Gasteiger partial charge is 0.377 e. The minimum Gasteiger partial charge on any atom is -0.377 e. The van der Waals surface area contributed by atoms with Gasteiger partial charge >= 0.3 is 0 Å². The van der Waals surface area contributed by atoms with Gasteiger partial charge in [0.2, 0.25) is 0 Å². The smallest absolute Gasteiger partial charge is 0.0716 e. The van der Waals surface area contributed by atoms with Gasteiger partial charge in [-0.05, 0) is 62.0 Å². The predicted octanol–water partition coefficient (Wildman–Crippen LogP) is 5.85. The lowest BCUT2D eigenvalue weighted by molar-refractivity contribution is 0.118. The first-order chi connectivity index (χ1) is 10.3. The molecule has 1 saturated carbocycles. The predicted molar refractivity (Wildman–Crippen MR) is 90.5 cm³/mol. The van der Waals surface area contributed by atoms with Crippen LogP contribution < -0.4 is 0 Å². The Bertz CT molecular complexity index is 410. The monoisotopic (exact) mass is 286 g/mol. The number of allylic oxidation sites excluding steroid dienone is 2. The Labute approximate surface area is 130 Å². The van der Waals surface area contributed by atoms with Crippen LogP contribution in [0.5, 0.6) is 0 Å². The van der Waals surface area contributed by atoms with Gasteiger partial charge in [0.1, 0.15) is 0 Å². The molecule has 2 rings (SSSR count). The topological polar surface area (TPSA) is 9.23 Å². The Morgan fingerprint density at radius 3 is 2.43 bits per heavy atom. The third kappa shape index (κ3) is 5.32. The molecule has 1 aromatic rings. The lowest BCUT2D eigenvalue weighted by Gasteiger charge is -2.27. The second kappa shape index (κ2) is 9.04. The second-order valence-electron chi connectivity index (χ2n) is 6.29. The van der Waals surface area contributed by atoms with Gasteiger partial charge in [-0.3, -0.25) is 0 Å². The fourth-order valence-corrected chi connectivity index (χ4v) is 3.24. The van der Waals surface area contributed by atoms with Crippen LogP contribution in [-0.4, -0.2) is 6.61 Å². The maximum absolute atomic E-state index is 5.68. The minimum atomic E-state index is 0.758. The van der Waals surface area contributed by atoms with Crippen molar-refractivity contribution in [2.24, 2.45) is 5.92 Å². The molecule has 1 aliphatic carbocycles. The number of hydrogen-bond acceptors (Lipinski definition) is 1. The number of rotatable bonds is 7. The summed E-state index contributed by atoms with van der Waals surface area (Å²) < 4.78 is 5.68. The maximum Gasteiger partial charge on any atom is 0.0716 e. The number of benzene rings is 1. The van der Waals surface area contributed by atoms with Crippen LogP contribution in [-0.2, 0) is 11.3 Å². The van der Waals surface area contributed by atoms with Gasteiger partial charge in [-0.25, -0.2) is 0 Å². The highest BCUT2D eigenvalue weighted by molar-refractivity contribution is 5.25. The Hall–Kier alpha value is -1.08. The average molecular weight is 286 g/mol. The first-order valence-corrected chi connectivity index (χ1v) is 8.63. The maximum atomic E-state index is 5.68. The summed E-state index contributed by atoms with van der Waals surface area (Å²) >= 11 is 0. The van der Waals surface area contributed by atoms with Crippen LogP contribution in [0.1, 0.15) is 69.4 Å². The highest BCUT2D eigenvalue weighted by Crippen LogP contribution is 2.36. The molecule has 0 aliphatic heterocycles. The number of unbranched alkanes of at least 4 members (excludes halogenated alkanes) is 1. The van der Waals surface area contributed by atoms with Crippen molar-refractivity contribution < 1.29 is 4.74 Å². The van der Waals surface area contributed by atoms with Crippen LogP contribution in [0.15, 0.2) is 36.4 Å². The molecule has 116 valence electrons. The van der Waals surface area contributed by atoms with Crippen molar-refractivity contribution in [1.82, 2.24) is 0 Å². The van der Waals surface area contributed by atoms with E-state index in [1.54, 1.807) is 0 Å². The lowest BCUT2D eigenvalue weighted by Crippen LogP contribution is -2.11. The summed E-state index contributed by atoms with van der Waals surface area (Å²) in [7, 11) is 0. The summed E-state index contributed by atoms with van der Waals surface area (Å²) in [4.78, 5) is 0. The molecule has 0 unspecified atom stereocenters. The van der Waals surface area contributed by atoms with Gasteiger partial charge in [-0.1, -0.05) is 49.8 Å². The number of ether oxygens (including phenoxy) is 1. The molecule has 1 fully saturated rings. The molecule has 0 atom stereocenters. The standard InChI is InChI=1S/C20H30O/c1-3-5-15-21-16-18-9-13-20(14-10-18)19-11-7-17(6-4-2)8-12-19/h4,6,9-10,13-14,17,19H,3,5,7-8,11-12,15-16H2,1-2H3. The highest BCUT2D eigenvalue weighted by atomic mass is 16.5. The molecule has 0 bridgehead atoms. The van der Waals surface area contributed by atoms with E-state index in [0.29, 0.717) is 0 Å². The molecule has 0 spiro atoms. The second-order valence-corrected chi connectivity index (χ2v) is 6.29. The van der Waals surface area contributed by atoms with E-state index in [2.05, 4.69) is 50.3 Å². The van der Waals surface area contributed by atoms with Crippen LogP contribution in [0.25, 0.3) is 0 Å². The quantitative estimate of drug-likeness (QED) is 0.451. The minimum absolute atomic E-state index is 0.758. The first kappa shape index (κ1) is 16.3. The molecule has 0 N–H and O–H groups in total. The zero-order valence-corrected chi connectivity index (χ0v) is 13.7. The van der Waals surface area contributed by atoms with E-state index in [9.17, 15) is 0 Å². The van der Waals surface area contributed by atoms with Crippen molar-refractivity contribution in [3.8, 4) is 0 Å². The van der Waals surface area contributed by atoms with E-state index in [-0.39, 0.29) is 0 Å². The summed E-state index contributed by atoms with van der Waals surface area (Å²) in [5, 5.41) is 0. The zero-order valence-electron chi connectivity index (χ0n) is 13.7. The molecule has 0 saturated heterocycles. The lowest BCUT2D eigenvalue weighted by atomic mass is 9.78. The summed E-state index contributed by atoms with van der Waals surface area (Å²) in [6.45, 7) is 5.97. The summed E-state index contributed by atoms with van der Waals surface area (Å²) in [6.07, 6.45) is 12.3. The zero-order chi connectivity index (χ0) is 14.9. The molecule has 1 heteroatoms. The van der Waals surface area contributed by atoms with E-state index < -0.39 is 0 Å². The van der Waals surface area contributed by atoms with Gasteiger partial charge < -0.3 is 4.74 Å². The summed E-state index contributed by atoms with van der Waals surface area (Å²) in [6, 6.07) is 9.14. The fraction of sp³-hybridized carbons (Fsp3) is 0.600. The molecular formula is C20H30O. The van der Waals surface area contributed by atoms with Crippen molar-refractivity contribution in [3.05, 3.63) is 47.5 Å². The van der Waals surface area contributed by atoms with Crippen molar-refractivity contribution in [3.63, 3.8) is 0 Å². The molecular weight excluding hydrogens is 256 g/mol. The SMILES string of the molecule is CC=CC1CCC(c2ccc(COCCCC)cc2)CC1. The van der Waals surface area contributed by atoms with Crippen LogP contribution in [0.2, 0.25) is 0 Å². The molecule has 0 aromatic heterocycles. The molecule has 0 radical (unpaired) electrons. The first-order valence-electron chi connectivity index (χ1n) is 8.63. The van der Waals surface area contributed by atoms with E-state index >= 15 is 0 Å². The van der Waals surface area contributed by atoms with E-state index in [1.807, 2.05) is 0 Å². The van der Waals surface area contributed by atoms with E-state index in [4.69, 9.17) is 4.74 Å². The van der Waals surface area contributed by atoms with Gasteiger partial charge in [-0.2, -0.15) is 0 Å². The normalized spacial score (nSPS) is 22.8. The summed E-state index contributed by atoms with van der Waals surface area (Å²) in [5.74, 6) is 1.58. The van der Waals surface area contributed by atoms with Gasteiger partial charge in [0.15, 0.2) is 0 Å². The Morgan fingerprint density at radius 2 is 1.81 bits per heavy atom. The van der Waals surface area contributed by atoms with Gasteiger partial charge in [0.05, 0.1) is 6.61 Å². The Balaban J connectivity index is 1.79. The molecule has 1 nitrogen and oxygen atoms in total. The van der Waals surface area contributed by atoms with Crippen LogP contribution in [0, 0.1) is 5.92 Å². The van der Waals surface area contributed by atoms with Gasteiger partial charge in [-0.15, -0.1) is 0 Å². The van der Waals surface area contributed by atoms with Gasteiger partial charge in [0, 0.05) is 6.61 Å². The average Bonchev–Trinajstić information content (AvgIpc) is 2.53. The number of hydrogen-bond donors (Lipinski definition) is 0. The van der Waals surface area contributed by atoms with Crippen LogP contribution in [0.4, 0.5) is 0 Å². The molecule has 0 amide bonds. The molecule has 21 heavy (non-hydrogen) atoms. The highest BCUT2D eigenvalue weighted by Gasteiger charge is 2.20. The third-order valence-corrected chi connectivity index (χ3v) is 4.60. The van der Waals surface area contributed by atoms with Crippen molar-refractivity contribution in [2.45, 2.75) is 64.9 Å². The molecule has 1 aromatic carbocycles. The Kier molecular flexibility index (Phi) is 7.02. The summed E-state index contributed by atoms with van der Waals surface area (Å²) in [5.41, 5.74) is 2.82. The van der Waals surface area contributed by atoms with Crippen LogP contribution in [0.3, 0.4) is 0 Å². The Morgan fingerprint density at radius 1 is 1.10 bits per heavy atom. The van der Waals surface area contributed by atoms with E-state index in [0.717, 1.165) is 31.5 Å². The van der Waals surface area contributed by atoms with Crippen molar-refractivity contribution >= 4 is 0 Å². The van der Waals surface area contributed by atoms with Crippen molar-refractivity contribution in [2.75, 3.05) is 6.61 Å². The molecule has 0 heterocycles. The van der Waals surface area contributed by atoms with Gasteiger partial charge in [0.25, 0.3) is 0 Å². The fourth-order valence-electron chi connectivity index (χ4n) is 3.24. The molecule has 1 aliphatic rings. The third-order valence-electron chi connectivity index (χ3n) is 4.60.